The number of thioether (sulfide) groups is 1. The van der Waals surface area contributed by atoms with Gasteiger partial charge in [-0.2, -0.15) is 0 Å². The molecule has 0 spiro atoms. The van der Waals surface area contributed by atoms with Crippen molar-refractivity contribution in [2.24, 2.45) is 0 Å². The standard InChI is InChI=1S/C18H22ClN3O2S/c1-18-6-5-16(23)22(18)15(12-25-18)17(24)21-9-7-20(8-10-21)14-4-2-3-13(19)11-14/h2-4,11,15H,5-10,12H2,1H3/t15-,18-/m0/s1. The maximum Gasteiger partial charge on any atom is 0.246 e. The zero-order chi connectivity index (χ0) is 17.6. The van der Waals surface area contributed by atoms with Gasteiger partial charge in [0.05, 0.1) is 4.87 Å². The molecule has 1 aromatic rings. The molecular weight excluding hydrogens is 358 g/mol. The van der Waals surface area contributed by atoms with Crippen LogP contribution in [0.3, 0.4) is 0 Å². The highest BCUT2D eigenvalue weighted by Gasteiger charge is 2.53. The van der Waals surface area contributed by atoms with Crippen molar-refractivity contribution >= 4 is 40.9 Å². The molecule has 0 unspecified atom stereocenters. The van der Waals surface area contributed by atoms with Crippen LogP contribution in [0.15, 0.2) is 24.3 Å². The second-order valence-electron chi connectivity index (χ2n) is 7.06. The third-order valence-electron chi connectivity index (χ3n) is 5.49. The number of anilines is 1. The quantitative estimate of drug-likeness (QED) is 0.791. The Bertz CT molecular complexity index is 707. The number of rotatable bonds is 2. The molecule has 3 aliphatic rings. The molecule has 4 rings (SSSR count). The average Bonchev–Trinajstić information content (AvgIpc) is 3.11. The number of nitrogens with zero attached hydrogens (tertiary/aromatic N) is 3. The third kappa shape index (κ3) is 2.99. The lowest BCUT2D eigenvalue weighted by Gasteiger charge is -2.39. The molecule has 2 atom stereocenters. The van der Waals surface area contributed by atoms with E-state index in [9.17, 15) is 9.59 Å². The Morgan fingerprint density at radius 3 is 2.76 bits per heavy atom. The zero-order valence-electron chi connectivity index (χ0n) is 14.3. The van der Waals surface area contributed by atoms with Gasteiger partial charge < -0.3 is 14.7 Å². The summed E-state index contributed by atoms with van der Waals surface area (Å²) in [5.74, 6) is 0.955. The van der Waals surface area contributed by atoms with Gasteiger partial charge in [-0.3, -0.25) is 9.59 Å². The molecule has 3 fully saturated rings. The van der Waals surface area contributed by atoms with Crippen LogP contribution < -0.4 is 4.90 Å². The Hall–Kier alpha value is -1.40. The van der Waals surface area contributed by atoms with E-state index in [0.29, 0.717) is 19.5 Å². The fourth-order valence-corrected chi connectivity index (χ4v) is 5.68. The van der Waals surface area contributed by atoms with E-state index >= 15 is 0 Å². The fourth-order valence-electron chi connectivity index (χ4n) is 4.07. The van der Waals surface area contributed by atoms with Gasteiger partial charge in [0.15, 0.2) is 0 Å². The van der Waals surface area contributed by atoms with Crippen molar-refractivity contribution in [3.8, 4) is 0 Å². The second kappa shape index (κ2) is 6.40. The molecule has 1 aromatic carbocycles. The largest absolute Gasteiger partial charge is 0.368 e. The third-order valence-corrected chi connectivity index (χ3v) is 7.23. The van der Waals surface area contributed by atoms with E-state index in [1.54, 1.807) is 11.8 Å². The molecule has 3 saturated heterocycles. The summed E-state index contributed by atoms with van der Waals surface area (Å²) in [6.07, 6.45) is 1.42. The smallest absolute Gasteiger partial charge is 0.246 e. The molecule has 0 aromatic heterocycles. The second-order valence-corrected chi connectivity index (χ2v) is 9.00. The van der Waals surface area contributed by atoms with Gasteiger partial charge in [0.1, 0.15) is 6.04 Å². The minimum atomic E-state index is -0.289. The van der Waals surface area contributed by atoms with Crippen LogP contribution in [0.2, 0.25) is 5.02 Å². The minimum Gasteiger partial charge on any atom is -0.368 e. The van der Waals surface area contributed by atoms with Gasteiger partial charge in [-0.25, -0.2) is 0 Å². The summed E-state index contributed by atoms with van der Waals surface area (Å²) in [6.45, 7) is 5.04. The van der Waals surface area contributed by atoms with E-state index in [2.05, 4.69) is 11.8 Å². The molecule has 0 radical (unpaired) electrons. The van der Waals surface area contributed by atoms with Crippen molar-refractivity contribution in [3.05, 3.63) is 29.3 Å². The van der Waals surface area contributed by atoms with Crippen molar-refractivity contribution in [2.75, 3.05) is 36.8 Å². The highest BCUT2D eigenvalue weighted by Crippen LogP contribution is 2.47. The lowest BCUT2D eigenvalue weighted by atomic mass is 10.1. The number of carbonyl (C=O) groups is 2. The van der Waals surface area contributed by atoms with Crippen LogP contribution >= 0.6 is 23.4 Å². The molecule has 0 saturated carbocycles. The van der Waals surface area contributed by atoms with E-state index in [1.165, 1.54) is 0 Å². The number of amides is 2. The fraction of sp³-hybridized carbons (Fsp3) is 0.556. The van der Waals surface area contributed by atoms with Gasteiger partial charge in [-0.1, -0.05) is 17.7 Å². The molecular formula is C18H22ClN3O2S. The van der Waals surface area contributed by atoms with Crippen LogP contribution in [0.1, 0.15) is 19.8 Å². The van der Waals surface area contributed by atoms with Crippen LogP contribution in [0, 0.1) is 0 Å². The molecule has 0 aliphatic carbocycles. The van der Waals surface area contributed by atoms with E-state index in [-0.39, 0.29) is 22.7 Å². The van der Waals surface area contributed by atoms with Gasteiger partial charge in [0.2, 0.25) is 11.8 Å². The van der Waals surface area contributed by atoms with Gasteiger partial charge in [-0.05, 0) is 31.5 Å². The maximum atomic E-state index is 13.0. The highest BCUT2D eigenvalue weighted by molar-refractivity contribution is 8.01. The van der Waals surface area contributed by atoms with Crippen molar-refractivity contribution in [1.82, 2.24) is 9.80 Å². The van der Waals surface area contributed by atoms with Crippen LogP contribution in [-0.2, 0) is 9.59 Å². The summed E-state index contributed by atoms with van der Waals surface area (Å²) in [5, 5.41) is 0.728. The molecule has 134 valence electrons. The molecule has 0 N–H and O–H groups in total. The Balaban J connectivity index is 1.41. The Labute approximate surface area is 157 Å². The van der Waals surface area contributed by atoms with Crippen molar-refractivity contribution in [2.45, 2.75) is 30.7 Å². The molecule has 7 heteroatoms. The van der Waals surface area contributed by atoms with Crippen LogP contribution in [0.5, 0.6) is 0 Å². The van der Waals surface area contributed by atoms with Gasteiger partial charge in [0, 0.05) is 49.1 Å². The summed E-state index contributed by atoms with van der Waals surface area (Å²) >= 11 is 7.83. The monoisotopic (exact) mass is 379 g/mol. The number of hydrogen-bond acceptors (Lipinski definition) is 4. The molecule has 2 amide bonds. The summed E-state index contributed by atoms with van der Waals surface area (Å²) < 4.78 is 0. The summed E-state index contributed by atoms with van der Waals surface area (Å²) in [4.78, 5) is 31.1. The first kappa shape index (κ1) is 17.0. The maximum absolute atomic E-state index is 13.0. The molecule has 3 heterocycles. The molecule has 3 aliphatic heterocycles. The van der Waals surface area contributed by atoms with Crippen LogP contribution in [-0.4, -0.2) is 64.5 Å². The lowest BCUT2D eigenvalue weighted by molar-refractivity contribution is -0.143. The number of piperazine rings is 1. The first-order valence-electron chi connectivity index (χ1n) is 8.73. The minimum absolute atomic E-state index is 0.109. The Kier molecular flexibility index (Phi) is 4.36. The topological polar surface area (TPSA) is 43.9 Å². The number of halogens is 1. The van der Waals surface area contributed by atoms with Gasteiger partial charge in [-0.15, -0.1) is 11.8 Å². The summed E-state index contributed by atoms with van der Waals surface area (Å²) in [7, 11) is 0. The normalized spacial score (nSPS) is 29.3. The number of fused-ring (bicyclic) bond motifs is 1. The summed E-state index contributed by atoms with van der Waals surface area (Å²) in [6, 6.07) is 7.53. The Morgan fingerprint density at radius 2 is 2.04 bits per heavy atom. The number of carbonyl (C=O) groups excluding carboxylic acids is 2. The zero-order valence-corrected chi connectivity index (χ0v) is 15.9. The Morgan fingerprint density at radius 1 is 1.28 bits per heavy atom. The van der Waals surface area contributed by atoms with Crippen molar-refractivity contribution in [3.63, 3.8) is 0 Å². The van der Waals surface area contributed by atoms with E-state index in [1.807, 2.05) is 34.1 Å². The first-order chi connectivity index (χ1) is 12.0. The predicted octanol–water partition coefficient (Wildman–Crippen LogP) is 2.44. The number of benzene rings is 1. The number of hydrogen-bond donors (Lipinski definition) is 0. The van der Waals surface area contributed by atoms with E-state index < -0.39 is 0 Å². The van der Waals surface area contributed by atoms with E-state index in [4.69, 9.17) is 11.6 Å². The molecule has 5 nitrogen and oxygen atoms in total. The van der Waals surface area contributed by atoms with E-state index in [0.717, 1.165) is 36.0 Å². The van der Waals surface area contributed by atoms with Crippen molar-refractivity contribution < 1.29 is 9.59 Å². The summed E-state index contributed by atoms with van der Waals surface area (Å²) in [5.41, 5.74) is 1.10. The SMILES string of the molecule is C[C@]12CCC(=O)N1[C@H](C(=O)N1CCN(c3cccc(Cl)c3)CC1)CS2. The van der Waals surface area contributed by atoms with Crippen LogP contribution in [0.4, 0.5) is 5.69 Å². The lowest BCUT2D eigenvalue weighted by Crippen LogP contribution is -2.56. The van der Waals surface area contributed by atoms with Crippen LogP contribution in [0.25, 0.3) is 0 Å². The molecule has 25 heavy (non-hydrogen) atoms. The highest BCUT2D eigenvalue weighted by atomic mass is 35.5. The average molecular weight is 380 g/mol. The van der Waals surface area contributed by atoms with Crippen molar-refractivity contribution in [1.29, 1.82) is 0 Å². The van der Waals surface area contributed by atoms with Gasteiger partial charge in [0.25, 0.3) is 0 Å². The first-order valence-corrected chi connectivity index (χ1v) is 10.1. The predicted molar refractivity (Wildman–Crippen MR) is 101 cm³/mol. The molecule has 0 bridgehead atoms. The van der Waals surface area contributed by atoms with Gasteiger partial charge >= 0.3 is 0 Å².